The van der Waals surface area contributed by atoms with Crippen LogP contribution in [0.4, 0.5) is 0 Å². The Labute approximate surface area is 208 Å². The predicted octanol–water partition coefficient (Wildman–Crippen LogP) is 2.77. The van der Waals surface area contributed by atoms with Crippen LogP contribution >= 0.6 is 0 Å². The molecule has 0 spiro atoms. The molecule has 4 rings (SSSR count). The Morgan fingerprint density at radius 2 is 1.00 bits per heavy atom. The molecule has 0 amide bonds. The van der Waals surface area contributed by atoms with Crippen LogP contribution in [-0.4, -0.2) is 5.43 Å². The topological polar surface area (TPSA) is 0 Å². The van der Waals surface area contributed by atoms with Crippen molar-refractivity contribution in [1.29, 1.82) is 0 Å². The summed E-state index contributed by atoms with van der Waals surface area (Å²) in [5, 5.41) is 5.61. The van der Waals surface area contributed by atoms with Gasteiger partial charge in [-0.2, -0.15) is 12.1 Å². The average Bonchev–Trinajstić information content (AvgIpc) is 3.21. The quantitative estimate of drug-likeness (QED) is 0.277. The van der Waals surface area contributed by atoms with Crippen LogP contribution in [0.15, 0.2) is 60.7 Å². The van der Waals surface area contributed by atoms with E-state index >= 15 is 0 Å². The van der Waals surface area contributed by atoms with Crippen LogP contribution in [0.3, 0.4) is 0 Å². The normalized spacial score (nSPS) is 10.1. The molecule has 0 saturated heterocycles. The number of hydrogen-bond acceptors (Lipinski definition) is 0. The van der Waals surface area contributed by atoms with E-state index in [0.717, 1.165) is 0 Å². The summed E-state index contributed by atoms with van der Waals surface area (Å²) >= 11 is 1.74. The third-order valence-electron chi connectivity index (χ3n) is 5.10. The number of rotatable bonds is 2. The zero-order valence-corrected chi connectivity index (χ0v) is 24.1. The third kappa shape index (κ3) is 8.52. The van der Waals surface area contributed by atoms with Crippen molar-refractivity contribution >= 4 is 27.0 Å². The molecule has 0 unspecified atom stereocenters. The van der Waals surface area contributed by atoms with Gasteiger partial charge in [-0.1, -0.05) is 64.8 Å². The molecule has 4 heteroatoms. The van der Waals surface area contributed by atoms with E-state index in [1.165, 1.54) is 43.8 Å². The average molecular weight is 530 g/mol. The number of aryl methyl sites for hydroxylation is 2. The number of fused-ring (bicyclic) bond motifs is 2. The molecule has 0 bridgehead atoms. The molecule has 0 N–H and O–H groups in total. The van der Waals surface area contributed by atoms with Gasteiger partial charge in [0.1, 0.15) is 0 Å². The van der Waals surface area contributed by atoms with E-state index in [1.54, 1.807) is 23.3 Å². The van der Waals surface area contributed by atoms with Crippen LogP contribution in [0.2, 0.25) is 13.1 Å². The Hall–Kier alpha value is -1.38. The standard InChI is InChI=1S/2C13H15.C2H6Si.2FH.Zr/c2*1-9(2)12-6-4-5-11-7-10(3)8-13(11)12;1-3-2;;;/h2*4-9H,1-3H3;1-2H3;2*1H;/q2*-1;;;;+2/p-2. The van der Waals surface area contributed by atoms with Crippen molar-refractivity contribution in [2.24, 2.45) is 0 Å². The Balaban J connectivity index is 0.000000490. The molecule has 0 saturated carbocycles. The predicted molar refractivity (Wildman–Crippen MR) is 134 cm³/mol. The minimum Gasteiger partial charge on any atom is -1.00 e. The van der Waals surface area contributed by atoms with Crippen molar-refractivity contribution in [2.45, 2.75) is 66.5 Å². The van der Waals surface area contributed by atoms with Crippen LogP contribution in [0, 0.1) is 13.8 Å². The smallest absolute Gasteiger partial charge is 0.0308 e. The van der Waals surface area contributed by atoms with Crippen LogP contribution < -0.4 is 9.41 Å². The minimum atomic E-state index is 0. The summed E-state index contributed by atoms with van der Waals surface area (Å²) in [5.74, 6) is 1.23. The monoisotopic (exact) mass is 528 g/mol. The summed E-state index contributed by atoms with van der Waals surface area (Å²) in [6, 6.07) is 22.2. The van der Waals surface area contributed by atoms with E-state index in [-0.39, 0.29) is 14.8 Å². The van der Waals surface area contributed by atoms with Crippen molar-refractivity contribution in [3.8, 4) is 0 Å². The van der Waals surface area contributed by atoms with Gasteiger partial charge in [-0.15, -0.1) is 69.1 Å². The van der Waals surface area contributed by atoms with E-state index in [1.807, 2.05) is 0 Å². The molecular formula is C28H36F2SiZr-2. The van der Waals surface area contributed by atoms with Gasteiger partial charge in [-0.05, 0) is 11.8 Å². The van der Waals surface area contributed by atoms with Gasteiger partial charge in [0.05, 0.1) is 0 Å². The molecule has 32 heavy (non-hydrogen) atoms. The van der Waals surface area contributed by atoms with Gasteiger partial charge in [-0.25, -0.2) is 0 Å². The van der Waals surface area contributed by atoms with E-state index in [4.69, 9.17) is 0 Å². The molecule has 0 atom stereocenters. The maximum atomic E-state index is 2.31. The fourth-order valence-corrected chi connectivity index (χ4v) is 3.82. The van der Waals surface area contributed by atoms with Gasteiger partial charge in [0, 0.05) is 0 Å². The van der Waals surface area contributed by atoms with Crippen LogP contribution in [0.5, 0.6) is 0 Å². The number of benzene rings is 2. The fourth-order valence-electron chi connectivity index (χ4n) is 3.82. The van der Waals surface area contributed by atoms with Gasteiger partial charge < -0.3 is 9.41 Å². The maximum absolute atomic E-state index is 2.31. The first-order valence-corrected chi connectivity index (χ1v) is 17.1. The third-order valence-corrected chi connectivity index (χ3v) is 5.10. The fraction of sp³-hybridized carbons (Fsp3) is 0.357. The molecule has 0 aliphatic rings. The van der Waals surface area contributed by atoms with Gasteiger partial charge >= 0.3 is 41.9 Å². The second kappa shape index (κ2) is 14.0. The molecule has 4 aromatic carbocycles. The second-order valence-corrected chi connectivity index (χ2v) is 18.4. The first-order valence-electron chi connectivity index (χ1n) is 10.9. The molecule has 0 heterocycles. The molecule has 0 radical (unpaired) electrons. The van der Waals surface area contributed by atoms with Crippen molar-refractivity contribution in [3.05, 3.63) is 82.9 Å². The summed E-state index contributed by atoms with van der Waals surface area (Å²) in [6.07, 6.45) is 0. The summed E-state index contributed by atoms with van der Waals surface area (Å²) in [7, 11) is 0. The molecule has 0 fully saturated rings. The first-order chi connectivity index (χ1) is 14.1. The summed E-state index contributed by atoms with van der Waals surface area (Å²) in [4.78, 5) is 0. The molecule has 0 aromatic heterocycles. The molecule has 172 valence electrons. The maximum Gasteiger partial charge on any atom is -0.0308 e. The van der Waals surface area contributed by atoms with Crippen LogP contribution in [0.25, 0.3) is 21.5 Å². The Morgan fingerprint density at radius 1 is 0.688 bits per heavy atom. The van der Waals surface area contributed by atoms with E-state index < -0.39 is 0 Å². The second-order valence-electron chi connectivity index (χ2n) is 9.08. The molecule has 0 aliphatic carbocycles. The van der Waals surface area contributed by atoms with Gasteiger partial charge in [0.15, 0.2) is 0 Å². The number of halogens is 2. The summed E-state index contributed by atoms with van der Waals surface area (Å²) in [6.45, 7) is 17.9. The Morgan fingerprint density at radius 3 is 1.28 bits per heavy atom. The Kier molecular flexibility index (Phi) is 13.4. The summed E-state index contributed by atoms with van der Waals surface area (Å²) < 4.78 is 0. The van der Waals surface area contributed by atoms with Gasteiger partial charge in [-0.3, -0.25) is 0 Å². The molecule has 4 aromatic rings. The van der Waals surface area contributed by atoms with Crippen molar-refractivity contribution in [1.82, 2.24) is 0 Å². The minimum absolute atomic E-state index is 0. The van der Waals surface area contributed by atoms with Crippen LogP contribution in [0.1, 0.15) is 61.8 Å². The van der Waals surface area contributed by atoms with E-state index in [2.05, 4.69) is 115 Å². The zero-order chi connectivity index (χ0) is 22.4. The Bertz CT molecular complexity index is 1030. The largest absolute Gasteiger partial charge is 1.00 e. The van der Waals surface area contributed by atoms with E-state index in [0.29, 0.717) is 11.8 Å². The molecule has 0 aliphatic heterocycles. The van der Waals surface area contributed by atoms with Gasteiger partial charge in [0.2, 0.25) is 0 Å². The van der Waals surface area contributed by atoms with Crippen molar-refractivity contribution < 1.29 is 32.7 Å². The van der Waals surface area contributed by atoms with Crippen LogP contribution in [-0.2, 0) is 23.3 Å². The van der Waals surface area contributed by atoms with Gasteiger partial charge in [0.25, 0.3) is 0 Å². The van der Waals surface area contributed by atoms with E-state index in [9.17, 15) is 0 Å². The molecular weight excluding hydrogens is 494 g/mol. The number of hydrogen-bond donors (Lipinski definition) is 0. The molecule has 0 nitrogen and oxygen atoms in total. The van der Waals surface area contributed by atoms with Crippen molar-refractivity contribution in [2.75, 3.05) is 0 Å². The van der Waals surface area contributed by atoms with Crippen molar-refractivity contribution in [3.63, 3.8) is 0 Å². The summed E-state index contributed by atoms with van der Waals surface area (Å²) in [5.41, 5.74) is 5.87. The zero-order valence-electron chi connectivity index (χ0n) is 20.7. The first kappa shape index (κ1) is 30.6. The SMILES string of the molecule is C[Si](C)=[Zr+2].Cc1cc2c(C(C)C)cccc2[cH-]1.Cc1cc2c(C(C)C)cccc2[cH-]1.[F-].[F-].